The Morgan fingerprint density at radius 2 is 1.30 bits per heavy atom. The number of anilines is 1. The van der Waals surface area contributed by atoms with E-state index in [-0.39, 0.29) is 99.6 Å². The first-order chi connectivity index (χ1) is 54.6. The molecule has 7 rings (SSSR count). The Morgan fingerprint density at radius 1 is 0.675 bits per heavy atom. The number of ether oxygens (including phenoxy) is 4. The second-order valence-corrected chi connectivity index (χ2v) is 33.9. The molecule has 0 radical (unpaired) electrons. The molecule has 2 bridgehead atoms. The fraction of sp³-hybridized carbons (Fsp3) is 0.688. The maximum Gasteiger partial charge on any atom is 0.251 e. The van der Waals surface area contributed by atoms with E-state index in [2.05, 4.69) is 69.6 Å². The average molecular weight is 1630 g/mol. The summed E-state index contributed by atoms with van der Waals surface area (Å²) in [6.45, 7) is 12.4. The zero-order chi connectivity index (χ0) is 83.0. The molecule has 2 saturated carbocycles. The van der Waals surface area contributed by atoms with Gasteiger partial charge in [-0.2, -0.15) is 11.8 Å². The topological polar surface area (TPSA) is 417 Å². The number of likely N-dealkylation sites (N-methyl/N-ethyl adjacent to an activating group) is 2. The van der Waals surface area contributed by atoms with Gasteiger partial charge in [0.1, 0.15) is 6.04 Å². The number of aromatic nitrogens is 2. The molecule has 12 atom stereocenters. The maximum absolute atomic E-state index is 14.5. The lowest BCUT2D eigenvalue weighted by atomic mass is 9.89. The van der Waals surface area contributed by atoms with Crippen molar-refractivity contribution in [3.05, 3.63) is 75.4 Å². The van der Waals surface area contributed by atoms with E-state index in [1.165, 1.54) is 65.6 Å². The molecule has 1 saturated heterocycles. The van der Waals surface area contributed by atoms with Gasteiger partial charge in [-0.05, 0) is 131 Å². The fourth-order valence-corrected chi connectivity index (χ4v) is 18.4. The summed E-state index contributed by atoms with van der Waals surface area (Å²) in [7, 11) is 8.39. The minimum atomic E-state index is -0.825. The predicted molar refractivity (Wildman–Crippen MR) is 437 cm³/mol. The minimum Gasteiger partial charge on any atom is -0.379 e. The normalized spacial score (nSPS) is 19.5. The molecule has 4 aliphatic rings. The third kappa shape index (κ3) is 28.9. The van der Waals surface area contributed by atoms with Crippen molar-refractivity contribution in [1.29, 1.82) is 0 Å². The van der Waals surface area contributed by atoms with Crippen LogP contribution in [0.3, 0.4) is 0 Å². The van der Waals surface area contributed by atoms with Gasteiger partial charge >= 0.3 is 0 Å². The van der Waals surface area contributed by atoms with Crippen molar-refractivity contribution in [3.8, 4) is 0 Å². The molecule has 34 heteroatoms. The molecule has 9 N–H and O–H groups in total. The van der Waals surface area contributed by atoms with Crippen LogP contribution < -0.4 is 47.9 Å². The lowest BCUT2D eigenvalue weighted by Crippen LogP contribution is -2.59. The molecule has 3 heterocycles. The maximum atomic E-state index is 14.5. The van der Waals surface area contributed by atoms with E-state index in [0.717, 1.165) is 39.9 Å². The number of carbonyl (C=O) groups is 11. The molecule has 2 aromatic carbocycles. The number of hydrogen-bond donors (Lipinski definition) is 9. The molecular formula is C80H123N17O15S2. The van der Waals surface area contributed by atoms with E-state index in [1.54, 1.807) is 54.1 Å². The quantitative estimate of drug-likeness (QED) is 0.0141. The van der Waals surface area contributed by atoms with Crippen LogP contribution in [-0.4, -0.2) is 256 Å². The number of hydrogen-bond acceptors (Lipinski definition) is 21. The summed E-state index contributed by atoms with van der Waals surface area (Å²) in [6.07, 6.45) is 11.7. The number of benzene rings is 2. The van der Waals surface area contributed by atoms with Crippen LogP contribution in [-0.2, 0) is 84.8 Å². The van der Waals surface area contributed by atoms with E-state index >= 15 is 0 Å². The number of carbonyl (C=O) groups excluding carboxylic acids is 11. The number of methoxy groups -OCH3 is 2. The van der Waals surface area contributed by atoms with Crippen LogP contribution >= 0.6 is 23.5 Å². The second kappa shape index (κ2) is 47.1. The second-order valence-electron chi connectivity index (χ2n) is 31.2. The molecule has 2 aliphatic heterocycles. The van der Waals surface area contributed by atoms with Crippen LogP contribution in [0.1, 0.15) is 166 Å². The number of nitrogens with zero attached hydrogens (tertiary/aromatic N) is 8. The van der Waals surface area contributed by atoms with Gasteiger partial charge in [0.05, 0.1) is 124 Å². The standard InChI is InChI=1S/C80H123N17O15S2/c1-13-51(6)74(96(10)79(108)72(49(2)3)93-78(107)73(50(4)5)95(8)9)64(109-11)38-71(104)97-32-18-21-63(97)75(110-12)52(7)76(105)90-57(41-88-94-81)28-24-53-22-26-56(27-23-53)89-70(103)46-87-69(102)45-86-68(101)44-85-67(100)43-84-66(99)42-83-65(98)30-33-111-35-36-112-34-31-82-77(106)54-25-29-59-60(37-54)92-61-47-113-58-20-17-15-14-16-19-55-39-80(55,40-58)114-48-62(61)91-59/h22-23,25-27,29,37,49-52,55,57-58,63-64,72-75H,13-21,24,28,30-36,38-48H2,1-12H3,(H,82,106)(H,83,98)(H,84,99)(H,85,100)(H,86,101)(H,87,102)(H,89,103)(H,90,105)(H,93,107)/t51-,52+,55?,57-,58?,63-,64+,72-,73-,74-,75+,80?/m0/s1. The van der Waals surface area contributed by atoms with Crippen LogP contribution in [0, 0.1) is 29.6 Å². The van der Waals surface area contributed by atoms with E-state index in [9.17, 15) is 58.3 Å². The largest absolute Gasteiger partial charge is 0.379 e. The van der Waals surface area contributed by atoms with Gasteiger partial charge in [0, 0.05) is 91.0 Å². The number of aryl methyl sites for hydroxylation is 1. The Labute approximate surface area is 679 Å². The van der Waals surface area contributed by atoms with Gasteiger partial charge in [-0.15, -0.1) is 11.8 Å². The van der Waals surface area contributed by atoms with E-state index < -0.39 is 117 Å². The van der Waals surface area contributed by atoms with Crippen LogP contribution in [0.15, 0.2) is 47.6 Å². The SMILES string of the molecule is CC[C@H](C)[C@@H]([C@@H](CC(=O)N1CCC[C@H]1[C@H](OC)[C@@H](C)C(=O)N[C@@H](CCc1ccc(NC(=O)CNC(=O)CNC(=O)CNC(=O)CNC(=O)CNC(=O)CCOCCOCCNC(=O)c2ccc3nc4c(nc3c2)CSC2CCCCCCC3CC3(C2)SC4)cc1)CN=[N+]=[N-])OC)N(C)C(=O)[C@@H](NC(=O)[C@H](C(C)C)N(C)C)C(C)C. The first kappa shape index (κ1) is 92.9. The van der Waals surface area contributed by atoms with Gasteiger partial charge in [-0.1, -0.05) is 97.8 Å². The minimum absolute atomic E-state index is 0.00391. The highest BCUT2D eigenvalue weighted by Gasteiger charge is 2.55. The average Bonchev–Trinajstić information content (AvgIpc) is 1.58. The van der Waals surface area contributed by atoms with Crippen molar-refractivity contribution in [2.45, 2.75) is 209 Å². The third-order valence-corrected chi connectivity index (χ3v) is 24.9. The first-order valence-electron chi connectivity index (χ1n) is 40.2. The fourth-order valence-electron chi connectivity index (χ4n) is 15.3. The summed E-state index contributed by atoms with van der Waals surface area (Å²) in [5.41, 5.74) is 14.6. The van der Waals surface area contributed by atoms with Crippen molar-refractivity contribution in [1.82, 2.24) is 67.2 Å². The molecule has 11 amide bonds. The molecule has 3 unspecified atom stereocenters. The van der Waals surface area contributed by atoms with Gasteiger partial charge in [-0.25, -0.2) is 9.97 Å². The van der Waals surface area contributed by atoms with Crippen LogP contribution in [0.4, 0.5) is 5.69 Å². The summed E-state index contributed by atoms with van der Waals surface area (Å²) in [5.74, 6) is -3.71. The van der Waals surface area contributed by atoms with Crippen LogP contribution in [0.2, 0.25) is 0 Å². The molecule has 1 spiro atoms. The van der Waals surface area contributed by atoms with Gasteiger partial charge in [0.25, 0.3) is 5.91 Å². The molecule has 2 aliphatic carbocycles. The molecular weight excluding hydrogens is 1500 g/mol. The Kier molecular flexibility index (Phi) is 38.4. The Hall–Kier alpha value is -8.24. The number of fused-ring (bicyclic) bond motifs is 3. The molecule has 630 valence electrons. The summed E-state index contributed by atoms with van der Waals surface area (Å²) in [6, 6.07) is 9.48. The lowest BCUT2D eigenvalue weighted by molar-refractivity contribution is -0.148. The highest BCUT2D eigenvalue weighted by molar-refractivity contribution is 8.00. The van der Waals surface area contributed by atoms with Gasteiger partial charge in [-0.3, -0.25) is 57.6 Å². The summed E-state index contributed by atoms with van der Waals surface area (Å²) >= 11 is 4.13. The molecule has 32 nitrogen and oxygen atoms in total. The number of azide groups is 1. The third-order valence-electron chi connectivity index (χ3n) is 21.9. The predicted octanol–water partition coefficient (Wildman–Crippen LogP) is 5.73. The van der Waals surface area contributed by atoms with E-state index in [4.69, 9.17) is 28.9 Å². The molecule has 3 fully saturated rings. The van der Waals surface area contributed by atoms with Gasteiger partial charge in [0.2, 0.25) is 59.1 Å². The highest BCUT2D eigenvalue weighted by atomic mass is 32.2. The van der Waals surface area contributed by atoms with Crippen molar-refractivity contribution >= 4 is 105 Å². The Balaban J connectivity index is 0.718. The zero-order valence-corrected chi connectivity index (χ0v) is 70.2. The summed E-state index contributed by atoms with van der Waals surface area (Å²) in [4.78, 5) is 163. The molecule has 114 heavy (non-hydrogen) atoms. The summed E-state index contributed by atoms with van der Waals surface area (Å²) in [5, 5.41) is 27.9. The molecule has 3 aromatic rings. The number of thioether (sulfide) groups is 2. The number of likely N-dealkylation sites (tertiary alicyclic amines) is 1. The summed E-state index contributed by atoms with van der Waals surface area (Å²) < 4.78 is 23.6. The van der Waals surface area contributed by atoms with E-state index in [1.807, 2.05) is 84.4 Å². The first-order valence-corrected chi connectivity index (χ1v) is 42.2. The van der Waals surface area contributed by atoms with Gasteiger partial charge in [0.15, 0.2) is 0 Å². The Bertz CT molecular complexity index is 3770. The van der Waals surface area contributed by atoms with Crippen molar-refractivity contribution in [3.63, 3.8) is 0 Å². The van der Waals surface area contributed by atoms with E-state index in [0.29, 0.717) is 65.4 Å². The number of rotatable bonds is 44. The highest BCUT2D eigenvalue weighted by Crippen LogP contribution is 2.62. The van der Waals surface area contributed by atoms with Crippen molar-refractivity contribution in [2.75, 3.05) is 119 Å². The lowest BCUT2D eigenvalue weighted by Gasteiger charge is -2.41. The number of amides is 11. The zero-order valence-electron chi connectivity index (χ0n) is 68.6. The monoisotopic (exact) mass is 1630 g/mol. The molecule has 1 aromatic heterocycles. The number of nitrogens with one attached hydrogen (secondary N) is 9. The van der Waals surface area contributed by atoms with Crippen LogP contribution in [0.25, 0.3) is 21.5 Å². The van der Waals surface area contributed by atoms with Crippen molar-refractivity contribution in [2.24, 2.45) is 34.7 Å². The van der Waals surface area contributed by atoms with Gasteiger partial charge < -0.3 is 76.6 Å². The smallest absolute Gasteiger partial charge is 0.251 e. The Morgan fingerprint density at radius 3 is 1.91 bits per heavy atom. The van der Waals surface area contributed by atoms with Crippen molar-refractivity contribution < 1.29 is 71.7 Å². The van der Waals surface area contributed by atoms with Crippen LogP contribution in [0.5, 0.6) is 0 Å².